The van der Waals surface area contributed by atoms with Gasteiger partial charge < -0.3 is 19.9 Å². The number of carbonyl (C=O) groups excluding carboxylic acids is 1. The van der Waals surface area contributed by atoms with Crippen molar-refractivity contribution in [1.29, 1.82) is 0 Å². The molecule has 0 saturated heterocycles. The summed E-state index contributed by atoms with van der Waals surface area (Å²) in [4.78, 5) is 16.3. The van der Waals surface area contributed by atoms with E-state index in [9.17, 15) is 4.79 Å². The van der Waals surface area contributed by atoms with E-state index in [2.05, 4.69) is 4.98 Å². The summed E-state index contributed by atoms with van der Waals surface area (Å²) in [5.74, 6) is 0.510. The molecule has 6 heteroatoms. The minimum absolute atomic E-state index is 0.376. The maximum absolute atomic E-state index is 11.9. The highest BCUT2D eigenvalue weighted by atomic mass is 16.5. The molecule has 1 aromatic heterocycles. The Labute approximate surface area is 122 Å². The predicted molar refractivity (Wildman–Crippen MR) is 78.9 cm³/mol. The van der Waals surface area contributed by atoms with Gasteiger partial charge in [0.1, 0.15) is 5.75 Å². The minimum Gasteiger partial charge on any atom is -0.497 e. The van der Waals surface area contributed by atoms with E-state index in [0.717, 1.165) is 0 Å². The van der Waals surface area contributed by atoms with Crippen LogP contribution in [0, 0.1) is 0 Å². The zero-order valence-electron chi connectivity index (χ0n) is 12.3. The Morgan fingerprint density at radius 2 is 2.00 bits per heavy atom. The van der Waals surface area contributed by atoms with Gasteiger partial charge in [0.2, 0.25) is 11.8 Å². The Bertz CT molecular complexity index is 670. The number of primary amides is 1. The van der Waals surface area contributed by atoms with Gasteiger partial charge in [-0.25, -0.2) is 4.98 Å². The molecule has 0 aliphatic carbocycles. The zero-order valence-corrected chi connectivity index (χ0v) is 12.3. The molecule has 0 bridgehead atoms. The van der Waals surface area contributed by atoms with Gasteiger partial charge in [-0.3, -0.25) is 4.79 Å². The number of hydrogen-bond acceptors (Lipinski definition) is 5. The summed E-state index contributed by atoms with van der Waals surface area (Å²) >= 11 is 0. The normalized spacial score (nSPS) is 10.6. The molecule has 0 atom stereocenters. The SMILES string of the molecule is COCCc1c(OC)nc2cc(OC)ccc2c1C(N)=O. The van der Waals surface area contributed by atoms with E-state index in [1.54, 1.807) is 32.4 Å². The first-order chi connectivity index (χ1) is 10.1. The van der Waals surface area contributed by atoms with Crippen LogP contribution in [-0.2, 0) is 11.2 Å². The number of nitrogens with zero attached hydrogens (tertiary/aromatic N) is 1. The van der Waals surface area contributed by atoms with Crippen molar-refractivity contribution in [2.75, 3.05) is 27.9 Å². The number of ether oxygens (including phenoxy) is 3. The van der Waals surface area contributed by atoms with Crippen LogP contribution in [0.1, 0.15) is 15.9 Å². The number of fused-ring (bicyclic) bond motifs is 1. The second kappa shape index (κ2) is 6.41. The Balaban J connectivity index is 2.74. The van der Waals surface area contributed by atoms with Gasteiger partial charge >= 0.3 is 0 Å². The molecule has 0 fully saturated rings. The molecule has 0 aliphatic heterocycles. The highest BCUT2D eigenvalue weighted by Gasteiger charge is 2.19. The molecule has 0 spiro atoms. The molecule has 112 valence electrons. The number of aromatic nitrogens is 1. The summed E-state index contributed by atoms with van der Waals surface area (Å²) in [6.07, 6.45) is 0.493. The van der Waals surface area contributed by atoms with E-state index in [1.165, 1.54) is 7.11 Å². The van der Waals surface area contributed by atoms with E-state index in [-0.39, 0.29) is 0 Å². The van der Waals surface area contributed by atoms with Crippen molar-refractivity contribution in [1.82, 2.24) is 4.98 Å². The Hall–Kier alpha value is -2.34. The Kier molecular flexibility index (Phi) is 4.59. The third-order valence-corrected chi connectivity index (χ3v) is 3.25. The molecule has 6 nitrogen and oxygen atoms in total. The molecule has 2 aromatic rings. The number of benzene rings is 1. The molecular weight excluding hydrogens is 272 g/mol. The standard InChI is InChI=1S/C15H18N2O4/c1-19-7-6-11-13(14(16)18)10-5-4-9(20-2)8-12(10)17-15(11)21-3/h4-5,8H,6-7H2,1-3H3,(H2,16,18). The van der Waals surface area contributed by atoms with Crippen LogP contribution in [0.5, 0.6) is 11.6 Å². The number of pyridine rings is 1. The van der Waals surface area contributed by atoms with Crippen LogP contribution in [0.25, 0.3) is 10.9 Å². The van der Waals surface area contributed by atoms with Crippen LogP contribution in [0.2, 0.25) is 0 Å². The number of methoxy groups -OCH3 is 3. The topological polar surface area (TPSA) is 83.7 Å². The number of nitrogens with two attached hydrogens (primary N) is 1. The number of rotatable bonds is 6. The molecule has 1 heterocycles. The first kappa shape index (κ1) is 15.1. The van der Waals surface area contributed by atoms with Gasteiger partial charge in [-0.15, -0.1) is 0 Å². The first-order valence-electron chi connectivity index (χ1n) is 6.45. The maximum atomic E-state index is 11.9. The lowest BCUT2D eigenvalue weighted by Gasteiger charge is -2.14. The van der Waals surface area contributed by atoms with E-state index >= 15 is 0 Å². The van der Waals surface area contributed by atoms with Crippen LogP contribution in [0.3, 0.4) is 0 Å². The van der Waals surface area contributed by atoms with Crippen molar-refractivity contribution in [2.45, 2.75) is 6.42 Å². The van der Waals surface area contributed by atoms with E-state index < -0.39 is 5.91 Å². The fourth-order valence-electron chi connectivity index (χ4n) is 2.28. The van der Waals surface area contributed by atoms with Gasteiger partial charge in [0.15, 0.2) is 0 Å². The first-order valence-corrected chi connectivity index (χ1v) is 6.45. The lowest BCUT2D eigenvalue weighted by Crippen LogP contribution is -2.17. The van der Waals surface area contributed by atoms with Crippen LogP contribution in [0.4, 0.5) is 0 Å². The highest BCUT2D eigenvalue weighted by Crippen LogP contribution is 2.30. The summed E-state index contributed by atoms with van der Waals surface area (Å²) in [6, 6.07) is 5.28. The summed E-state index contributed by atoms with van der Waals surface area (Å²) < 4.78 is 15.5. The fraction of sp³-hybridized carbons (Fsp3) is 0.333. The van der Waals surface area contributed by atoms with Gasteiger partial charge in [0.25, 0.3) is 0 Å². The zero-order chi connectivity index (χ0) is 15.4. The van der Waals surface area contributed by atoms with Crippen LogP contribution < -0.4 is 15.2 Å². The summed E-state index contributed by atoms with van der Waals surface area (Å²) in [5, 5.41) is 0.676. The van der Waals surface area contributed by atoms with Crippen molar-refractivity contribution >= 4 is 16.8 Å². The van der Waals surface area contributed by atoms with Crippen molar-refractivity contribution in [3.8, 4) is 11.6 Å². The second-order valence-corrected chi connectivity index (χ2v) is 4.46. The summed E-state index contributed by atoms with van der Waals surface area (Å²) in [6.45, 7) is 0.444. The lowest BCUT2D eigenvalue weighted by molar-refractivity contribution is 0.1000. The van der Waals surface area contributed by atoms with Crippen molar-refractivity contribution in [2.24, 2.45) is 5.73 Å². The molecule has 1 aromatic carbocycles. The monoisotopic (exact) mass is 290 g/mol. The molecule has 0 saturated carbocycles. The average Bonchev–Trinajstić information content (AvgIpc) is 2.50. The van der Waals surface area contributed by atoms with Gasteiger partial charge in [0, 0.05) is 30.5 Å². The second-order valence-electron chi connectivity index (χ2n) is 4.46. The quantitative estimate of drug-likeness (QED) is 0.872. The minimum atomic E-state index is -0.517. The molecule has 0 aliphatic rings. The van der Waals surface area contributed by atoms with Crippen LogP contribution in [-0.4, -0.2) is 38.8 Å². The van der Waals surface area contributed by atoms with Gasteiger partial charge in [0.05, 0.1) is 31.9 Å². The maximum Gasteiger partial charge on any atom is 0.249 e. The summed E-state index contributed by atoms with van der Waals surface area (Å²) in [7, 11) is 4.67. The number of amides is 1. The smallest absolute Gasteiger partial charge is 0.249 e. The van der Waals surface area contributed by atoms with Gasteiger partial charge in [-0.1, -0.05) is 0 Å². The van der Waals surface area contributed by atoms with Gasteiger partial charge in [-0.2, -0.15) is 0 Å². The third-order valence-electron chi connectivity index (χ3n) is 3.25. The molecule has 21 heavy (non-hydrogen) atoms. The molecule has 2 rings (SSSR count). The lowest BCUT2D eigenvalue weighted by atomic mass is 10.00. The van der Waals surface area contributed by atoms with Gasteiger partial charge in [-0.05, 0) is 12.1 Å². The number of carbonyl (C=O) groups is 1. The molecule has 1 amide bonds. The van der Waals surface area contributed by atoms with E-state index in [4.69, 9.17) is 19.9 Å². The van der Waals surface area contributed by atoms with E-state index in [1.807, 2.05) is 0 Å². The van der Waals surface area contributed by atoms with Crippen LogP contribution in [0.15, 0.2) is 18.2 Å². The predicted octanol–water partition coefficient (Wildman–Crippen LogP) is 1.54. The highest BCUT2D eigenvalue weighted by molar-refractivity contribution is 6.07. The Morgan fingerprint density at radius 1 is 1.24 bits per heavy atom. The Morgan fingerprint density at radius 3 is 2.57 bits per heavy atom. The largest absolute Gasteiger partial charge is 0.497 e. The fourth-order valence-corrected chi connectivity index (χ4v) is 2.28. The van der Waals surface area contributed by atoms with Crippen molar-refractivity contribution < 1.29 is 19.0 Å². The van der Waals surface area contributed by atoms with Crippen molar-refractivity contribution in [3.63, 3.8) is 0 Å². The van der Waals surface area contributed by atoms with Crippen molar-refractivity contribution in [3.05, 3.63) is 29.3 Å². The molecular formula is C15H18N2O4. The molecule has 0 unspecified atom stereocenters. The number of hydrogen-bond donors (Lipinski definition) is 1. The summed E-state index contributed by atoms with van der Waals surface area (Å²) in [5.41, 5.74) is 7.22. The average molecular weight is 290 g/mol. The molecule has 0 radical (unpaired) electrons. The van der Waals surface area contributed by atoms with E-state index in [0.29, 0.717) is 46.7 Å². The third kappa shape index (κ3) is 2.90. The molecule has 2 N–H and O–H groups in total. The van der Waals surface area contributed by atoms with Crippen LogP contribution >= 0.6 is 0 Å².